The Morgan fingerprint density at radius 3 is 2.52 bits per heavy atom. The van der Waals surface area contributed by atoms with E-state index in [4.69, 9.17) is 9.72 Å². The normalized spacial score (nSPS) is 22.3. The molecule has 1 aromatic carbocycles. The molecule has 1 amide bonds. The molecule has 3 saturated heterocycles. The van der Waals surface area contributed by atoms with Crippen molar-refractivity contribution in [2.45, 2.75) is 38.1 Å². The second-order valence-corrected chi connectivity index (χ2v) is 9.41. The van der Waals surface area contributed by atoms with Gasteiger partial charge in [-0.15, -0.1) is 0 Å². The summed E-state index contributed by atoms with van der Waals surface area (Å²) in [5, 5.41) is 1.04. The van der Waals surface area contributed by atoms with Crippen LogP contribution in [-0.4, -0.2) is 79.2 Å². The molecule has 7 heteroatoms. The summed E-state index contributed by atoms with van der Waals surface area (Å²) in [6, 6.07) is 6.66. The Hall–Kier alpha value is -1.70. The van der Waals surface area contributed by atoms with Gasteiger partial charge in [0, 0.05) is 37.8 Å². The number of carbonyl (C=O) groups excluding carboxylic acids is 1. The van der Waals surface area contributed by atoms with Gasteiger partial charge in [-0.1, -0.05) is 17.8 Å². The predicted molar refractivity (Wildman–Crippen MR) is 117 cm³/mol. The maximum absolute atomic E-state index is 13.1. The molecule has 0 saturated carbocycles. The first-order valence-electron chi connectivity index (χ1n) is 11.0. The van der Waals surface area contributed by atoms with Crippen LogP contribution in [0, 0.1) is 0 Å². The molecule has 0 spiro atoms. The van der Waals surface area contributed by atoms with Gasteiger partial charge in [-0.25, -0.2) is 4.98 Å². The standard InChI is InChI=1S/C22H30N4O2S/c27-21(25-10-6-18(7-11-25)24-8-2-1-3-9-24)17-4-5-19-20(16-17)29-22(23-19)26-12-14-28-15-13-26/h4-5,16,18H,1-3,6-15H2. The fourth-order valence-electron chi connectivity index (χ4n) is 4.84. The smallest absolute Gasteiger partial charge is 0.253 e. The summed E-state index contributed by atoms with van der Waals surface area (Å²) in [7, 11) is 0. The number of ether oxygens (including phenoxy) is 1. The number of thiazole rings is 1. The zero-order chi connectivity index (χ0) is 19.6. The summed E-state index contributed by atoms with van der Waals surface area (Å²) in [5.41, 5.74) is 1.78. The second kappa shape index (κ2) is 8.58. The van der Waals surface area contributed by atoms with Crippen LogP contribution in [0.25, 0.3) is 10.2 Å². The summed E-state index contributed by atoms with van der Waals surface area (Å²) in [6.07, 6.45) is 6.26. The largest absolute Gasteiger partial charge is 0.378 e. The molecule has 0 N–H and O–H groups in total. The number of anilines is 1. The highest BCUT2D eigenvalue weighted by Gasteiger charge is 2.28. The first-order valence-corrected chi connectivity index (χ1v) is 11.9. The number of amides is 1. The zero-order valence-corrected chi connectivity index (χ0v) is 17.8. The maximum atomic E-state index is 13.1. The molecule has 3 aliphatic rings. The molecule has 0 atom stereocenters. The van der Waals surface area contributed by atoms with Crippen molar-refractivity contribution < 1.29 is 9.53 Å². The van der Waals surface area contributed by atoms with Gasteiger partial charge in [0.25, 0.3) is 5.91 Å². The first-order chi connectivity index (χ1) is 14.3. The zero-order valence-electron chi connectivity index (χ0n) is 17.0. The van der Waals surface area contributed by atoms with Crippen molar-refractivity contribution in [1.82, 2.24) is 14.8 Å². The van der Waals surface area contributed by atoms with Crippen molar-refractivity contribution in [3.05, 3.63) is 23.8 Å². The number of fused-ring (bicyclic) bond motifs is 1. The SMILES string of the molecule is O=C(c1ccc2nc(N3CCOCC3)sc2c1)N1CCC(N2CCCCC2)CC1. The lowest BCUT2D eigenvalue weighted by atomic mass is 9.99. The van der Waals surface area contributed by atoms with Crippen molar-refractivity contribution in [1.29, 1.82) is 0 Å². The molecule has 3 fully saturated rings. The minimum absolute atomic E-state index is 0.172. The third kappa shape index (κ3) is 4.13. The van der Waals surface area contributed by atoms with Gasteiger partial charge in [-0.05, 0) is 57.0 Å². The van der Waals surface area contributed by atoms with Crippen LogP contribution >= 0.6 is 11.3 Å². The molecule has 0 radical (unpaired) electrons. The van der Waals surface area contributed by atoms with Crippen LogP contribution in [0.5, 0.6) is 0 Å². The molecule has 2 aromatic rings. The number of hydrogen-bond donors (Lipinski definition) is 0. The molecular formula is C22H30N4O2S. The Kier molecular flexibility index (Phi) is 5.70. The Balaban J connectivity index is 1.25. The van der Waals surface area contributed by atoms with Gasteiger partial charge in [-0.2, -0.15) is 0 Å². The Morgan fingerprint density at radius 2 is 1.76 bits per heavy atom. The molecule has 29 heavy (non-hydrogen) atoms. The van der Waals surface area contributed by atoms with Gasteiger partial charge >= 0.3 is 0 Å². The molecule has 0 aliphatic carbocycles. The summed E-state index contributed by atoms with van der Waals surface area (Å²) in [4.78, 5) is 24.9. The first kappa shape index (κ1) is 19.3. The fraction of sp³-hybridized carbons (Fsp3) is 0.636. The van der Waals surface area contributed by atoms with Crippen molar-refractivity contribution in [2.75, 3.05) is 57.4 Å². The quantitative estimate of drug-likeness (QED) is 0.772. The number of piperidine rings is 2. The number of likely N-dealkylation sites (tertiary alicyclic amines) is 2. The maximum Gasteiger partial charge on any atom is 0.253 e. The molecule has 6 nitrogen and oxygen atoms in total. The fourth-order valence-corrected chi connectivity index (χ4v) is 5.89. The third-order valence-corrected chi connectivity index (χ3v) is 7.64. The van der Waals surface area contributed by atoms with E-state index in [0.717, 1.165) is 73.1 Å². The number of morpholine rings is 1. The molecule has 3 aliphatic heterocycles. The van der Waals surface area contributed by atoms with E-state index in [1.807, 2.05) is 23.1 Å². The highest BCUT2D eigenvalue weighted by molar-refractivity contribution is 7.22. The van der Waals surface area contributed by atoms with Gasteiger partial charge in [-0.3, -0.25) is 4.79 Å². The van der Waals surface area contributed by atoms with Crippen molar-refractivity contribution in [3.8, 4) is 0 Å². The number of hydrogen-bond acceptors (Lipinski definition) is 6. The van der Waals surface area contributed by atoms with E-state index in [9.17, 15) is 4.79 Å². The van der Waals surface area contributed by atoms with Gasteiger partial charge in [0.15, 0.2) is 5.13 Å². The summed E-state index contributed by atoms with van der Waals surface area (Å²) in [5.74, 6) is 0.172. The monoisotopic (exact) mass is 414 g/mol. The average molecular weight is 415 g/mol. The van der Waals surface area contributed by atoms with Crippen molar-refractivity contribution in [2.24, 2.45) is 0 Å². The number of carbonyl (C=O) groups is 1. The van der Waals surface area contributed by atoms with Crippen LogP contribution in [0.1, 0.15) is 42.5 Å². The van der Waals surface area contributed by atoms with Crippen LogP contribution in [0.15, 0.2) is 18.2 Å². The Morgan fingerprint density at radius 1 is 1.00 bits per heavy atom. The average Bonchev–Trinajstić information content (AvgIpc) is 3.23. The minimum Gasteiger partial charge on any atom is -0.378 e. The van der Waals surface area contributed by atoms with Crippen LogP contribution in [-0.2, 0) is 4.74 Å². The van der Waals surface area contributed by atoms with Gasteiger partial charge in [0.05, 0.1) is 23.4 Å². The van der Waals surface area contributed by atoms with Crippen LogP contribution < -0.4 is 4.90 Å². The Bertz CT molecular complexity index is 850. The van der Waals surface area contributed by atoms with E-state index < -0.39 is 0 Å². The molecular weight excluding hydrogens is 384 g/mol. The van der Waals surface area contributed by atoms with E-state index in [1.165, 1.54) is 32.4 Å². The number of aromatic nitrogens is 1. The van der Waals surface area contributed by atoms with Crippen LogP contribution in [0.2, 0.25) is 0 Å². The lowest BCUT2D eigenvalue weighted by Gasteiger charge is -2.40. The van der Waals surface area contributed by atoms with Gasteiger partial charge in [0.2, 0.25) is 0 Å². The van der Waals surface area contributed by atoms with E-state index in [-0.39, 0.29) is 5.91 Å². The van der Waals surface area contributed by atoms with Crippen LogP contribution in [0.4, 0.5) is 5.13 Å². The number of nitrogens with zero attached hydrogens (tertiary/aromatic N) is 4. The highest BCUT2D eigenvalue weighted by atomic mass is 32.1. The van der Waals surface area contributed by atoms with Crippen molar-refractivity contribution in [3.63, 3.8) is 0 Å². The number of rotatable bonds is 3. The lowest BCUT2D eigenvalue weighted by molar-refractivity contribution is 0.0590. The topological polar surface area (TPSA) is 48.9 Å². The van der Waals surface area contributed by atoms with Gasteiger partial charge < -0.3 is 19.4 Å². The van der Waals surface area contributed by atoms with Crippen LogP contribution in [0.3, 0.4) is 0 Å². The molecule has 1 aromatic heterocycles. The lowest BCUT2D eigenvalue weighted by Crippen LogP contribution is -2.48. The molecule has 0 bridgehead atoms. The summed E-state index contributed by atoms with van der Waals surface area (Å²) < 4.78 is 6.54. The van der Waals surface area contributed by atoms with E-state index in [0.29, 0.717) is 6.04 Å². The van der Waals surface area contributed by atoms with E-state index >= 15 is 0 Å². The highest BCUT2D eigenvalue weighted by Crippen LogP contribution is 2.30. The Labute approximate surface area is 176 Å². The molecule has 0 unspecified atom stereocenters. The molecule has 156 valence electrons. The van der Waals surface area contributed by atoms with E-state index in [1.54, 1.807) is 11.3 Å². The van der Waals surface area contributed by atoms with Crippen molar-refractivity contribution >= 4 is 32.6 Å². The predicted octanol–water partition coefficient (Wildman–Crippen LogP) is 3.22. The molecule has 5 rings (SSSR count). The molecule has 4 heterocycles. The minimum atomic E-state index is 0.172. The number of benzene rings is 1. The van der Waals surface area contributed by atoms with Gasteiger partial charge in [0.1, 0.15) is 0 Å². The summed E-state index contributed by atoms with van der Waals surface area (Å²) in [6.45, 7) is 7.52. The second-order valence-electron chi connectivity index (χ2n) is 8.40. The summed E-state index contributed by atoms with van der Waals surface area (Å²) >= 11 is 1.68. The van der Waals surface area contributed by atoms with E-state index in [2.05, 4.69) is 9.80 Å². The third-order valence-electron chi connectivity index (χ3n) is 6.56.